The smallest absolute Gasteiger partial charge is 0.264 e. The molecule has 0 aromatic rings. The van der Waals surface area contributed by atoms with Crippen LogP contribution >= 0.6 is 0 Å². The van der Waals surface area contributed by atoms with Gasteiger partial charge in [-0.15, -0.1) is 0 Å². The molecule has 0 spiro atoms. The van der Waals surface area contributed by atoms with E-state index in [0.717, 1.165) is 39.0 Å². The van der Waals surface area contributed by atoms with Crippen molar-refractivity contribution in [3.05, 3.63) is 11.6 Å². The van der Waals surface area contributed by atoms with Gasteiger partial charge in [0.05, 0.1) is 13.2 Å². The summed E-state index contributed by atoms with van der Waals surface area (Å²) in [7, 11) is 0. The molecule has 2 rings (SSSR count). The predicted molar refractivity (Wildman–Crippen MR) is 85.2 cm³/mol. The summed E-state index contributed by atoms with van der Waals surface area (Å²) in [5.74, 6) is -0.106. The predicted octanol–water partition coefficient (Wildman–Crippen LogP) is 1.95. The van der Waals surface area contributed by atoms with Crippen LogP contribution in [-0.2, 0) is 9.53 Å². The molecule has 1 amide bonds. The fraction of sp³-hybridized carbons (Fsp3) is 0.765. The summed E-state index contributed by atoms with van der Waals surface area (Å²) < 4.78 is 5.38. The van der Waals surface area contributed by atoms with Gasteiger partial charge in [-0.25, -0.2) is 0 Å². The molecule has 0 bridgehead atoms. The van der Waals surface area contributed by atoms with Crippen LogP contribution in [-0.4, -0.2) is 60.6 Å². The van der Waals surface area contributed by atoms with Crippen LogP contribution in [0.4, 0.5) is 0 Å². The number of nitrogens with zero attached hydrogens (tertiary/aromatic N) is 3. The summed E-state index contributed by atoms with van der Waals surface area (Å²) in [6.45, 7) is 8.75. The first-order valence-corrected chi connectivity index (χ1v) is 8.29. The third-order valence-electron chi connectivity index (χ3n) is 4.57. The first kappa shape index (κ1) is 17.0. The Morgan fingerprint density at radius 3 is 2.23 bits per heavy atom. The number of morpholine rings is 1. The molecule has 0 aromatic carbocycles. The maximum absolute atomic E-state index is 12.6. The van der Waals surface area contributed by atoms with Crippen molar-refractivity contribution in [1.82, 2.24) is 9.80 Å². The molecule has 0 radical (unpaired) electrons. The van der Waals surface area contributed by atoms with Crippen molar-refractivity contribution >= 4 is 5.91 Å². The normalized spacial score (nSPS) is 22.0. The molecule has 0 atom stereocenters. The minimum absolute atomic E-state index is 0.106. The highest BCUT2D eigenvalue weighted by Gasteiger charge is 2.29. The van der Waals surface area contributed by atoms with Gasteiger partial charge < -0.3 is 9.64 Å². The highest BCUT2D eigenvalue weighted by molar-refractivity contribution is 5.97. The van der Waals surface area contributed by atoms with Gasteiger partial charge in [0, 0.05) is 31.7 Å². The third kappa shape index (κ3) is 4.31. The summed E-state index contributed by atoms with van der Waals surface area (Å²) in [5.41, 5.74) is -0.0329. The summed E-state index contributed by atoms with van der Waals surface area (Å²) in [5, 5.41) is 9.45. The first-order valence-electron chi connectivity index (χ1n) is 8.29. The zero-order chi connectivity index (χ0) is 16.0. The average molecular weight is 305 g/mol. The van der Waals surface area contributed by atoms with Crippen LogP contribution in [0.3, 0.4) is 0 Å². The molecule has 2 saturated heterocycles. The van der Waals surface area contributed by atoms with E-state index in [9.17, 15) is 10.1 Å². The molecule has 5 heteroatoms. The summed E-state index contributed by atoms with van der Waals surface area (Å²) in [6, 6.07) is 2.13. The molecule has 2 fully saturated rings. The van der Waals surface area contributed by atoms with E-state index in [1.54, 1.807) is 0 Å². The molecule has 2 aliphatic rings. The lowest BCUT2D eigenvalue weighted by molar-refractivity contribution is -0.126. The van der Waals surface area contributed by atoms with Crippen LogP contribution in [0.25, 0.3) is 0 Å². The Balaban J connectivity index is 2.11. The van der Waals surface area contributed by atoms with Gasteiger partial charge in [0.15, 0.2) is 0 Å². The van der Waals surface area contributed by atoms with Gasteiger partial charge in [-0.05, 0) is 32.8 Å². The maximum atomic E-state index is 12.6. The Hall–Kier alpha value is -1.38. The molecule has 22 heavy (non-hydrogen) atoms. The van der Waals surface area contributed by atoms with Crippen LogP contribution in [0.2, 0.25) is 0 Å². The fourth-order valence-electron chi connectivity index (χ4n) is 3.17. The molecule has 5 nitrogen and oxygen atoms in total. The molecule has 122 valence electrons. The number of likely N-dealkylation sites (tertiary alicyclic amines) is 1. The Morgan fingerprint density at radius 1 is 1.09 bits per heavy atom. The van der Waals surface area contributed by atoms with Crippen molar-refractivity contribution in [1.29, 1.82) is 5.26 Å². The van der Waals surface area contributed by atoms with E-state index in [0.29, 0.717) is 13.2 Å². The topological polar surface area (TPSA) is 56.6 Å². The highest BCUT2D eigenvalue weighted by Crippen LogP contribution is 2.21. The SMILES string of the molecule is CC(C)(C=C(C#N)C(=O)N1CCCCCC1)N1CCOCC1. The number of rotatable bonds is 3. The number of carbonyl (C=O) groups is 1. The van der Waals surface area contributed by atoms with Crippen LogP contribution < -0.4 is 0 Å². The van der Waals surface area contributed by atoms with E-state index in [-0.39, 0.29) is 17.0 Å². The molecule has 2 heterocycles. The van der Waals surface area contributed by atoms with Crippen LogP contribution in [0, 0.1) is 11.3 Å². The monoisotopic (exact) mass is 305 g/mol. The minimum atomic E-state index is -0.309. The average Bonchev–Trinajstić information content (AvgIpc) is 2.82. The minimum Gasteiger partial charge on any atom is -0.379 e. The van der Waals surface area contributed by atoms with Gasteiger partial charge in [0.2, 0.25) is 0 Å². The van der Waals surface area contributed by atoms with Gasteiger partial charge in [0.1, 0.15) is 11.6 Å². The summed E-state index contributed by atoms with van der Waals surface area (Å²) in [4.78, 5) is 16.7. The van der Waals surface area contributed by atoms with Gasteiger partial charge in [-0.1, -0.05) is 12.8 Å². The third-order valence-corrected chi connectivity index (χ3v) is 4.57. The summed E-state index contributed by atoms with van der Waals surface area (Å²) in [6.07, 6.45) is 6.27. The number of ether oxygens (including phenoxy) is 1. The molecule has 0 aromatic heterocycles. The van der Waals surface area contributed by atoms with Crippen molar-refractivity contribution in [2.45, 2.75) is 45.1 Å². The van der Waals surface area contributed by atoms with Crippen LogP contribution in [0.5, 0.6) is 0 Å². The Kier molecular flexibility index (Phi) is 5.98. The van der Waals surface area contributed by atoms with E-state index in [4.69, 9.17) is 4.74 Å². The van der Waals surface area contributed by atoms with Crippen molar-refractivity contribution in [3.63, 3.8) is 0 Å². The second kappa shape index (κ2) is 7.75. The Bertz CT molecular complexity index is 451. The standard InChI is InChI=1S/C17H27N3O2/c1-17(2,20-9-11-22-12-10-20)13-15(14-18)16(21)19-7-5-3-4-6-8-19/h13H,3-12H2,1-2H3. The zero-order valence-corrected chi connectivity index (χ0v) is 13.8. The number of hydrogen-bond acceptors (Lipinski definition) is 4. The number of amides is 1. The Morgan fingerprint density at radius 2 is 1.68 bits per heavy atom. The number of nitriles is 1. The quantitative estimate of drug-likeness (QED) is 0.591. The van der Waals surface area contributed by atoms with E-state index in [2.05, 4.69) is 24.8 Å². The van der Waals surface area contributed by atoms with Crippen molar-refractivity contribution in [2.24, 2.45) is 0 Å². The number of carbonyl (C=O) groups excluding carboxylic acids is 1. The summed E-state index contributed by atoms with van der Waals surface area (Å²) >= 11 is 0. The van der Waals surface area contributed by atoms with Gasteiger partial charge in [0.25, 0.3) is 5.91 Å². The molecule has 0 aliphatic carbocycles. The van der Waals surface area contributed by atoms with E-state index in [1.807, 2.05) is 11.0 Å². The largest absolute Gasteiger partial charge is 0.379 e. The Labute approximate surface area is 133 Å². The lowest BCUT2D eigenvalue weighted by Gasteiger charge is -2.39. The van der Waals surface area contributed by atoms with Gasteiger partial charge in [-0.3, -0.25) is 9.69 Å². The second-order valence-electron chi connectivity index (χ2n) is 6.63. The van der Waals surface area contributed by atoms with Crippen LogP contribution in [0.15, 0.2) is 11.6 Å². The van der Waals surface area contributed by atoms with Crippen molar-refractivity contribution < 1.29 is 9.53 Å². The van der Waals surface area contributed by atoms with E-state index in [1.165, 1.54) is 12.8 Å². The molecular formula is C17H27N3O2. The number of hydrogen-bond donors (Lipinski definition) is 0. The van der Waals surface area contributed by atoms with Gasteiger partial charge >= 0.3 is 0 Å². The molecule has 0 saturated carbocycles. The molecule has 0 N–H and O–H groups in total. The van der Waals surface area contributed by atoms with E-state index < -0.39 is 0 Å². The van der Waals surface area contributed by atoms with Crippen molar-refractivity contribution in [3.8, 4) is 6.07 Å². The zero-order valence-electron chi connectivity index (χ0n) is 13.8. The molecule has 0 unspecified atom stereocenters. The lowest BCUT2D eigenvalue weighted by atomic mass is 9.98. The van der Waals surface area contributed by atoms with Gasteiger partial charge in [-0.2, -0.15) is 5.26 Å². The van der Waals surface area contributed by atoms with E-state index >= 15 is 0 Å². The highest BCUT2D eigenvalue weighted by atomic mass is 16.5. The lowest BCUT2D eigenvalue weighted by Crippen LogP contribution is -2.49. The van der Waals surface area contributed by atoms with Crippen molar-refractivity contribution in [2.75, 3.05) is 39.4 Å². The van der Waals surface area contributed by atoms with Crippen LogP contribution in [0.1, 0.15) is 39.5 Å². The fourth-order valence-corrected chi connectivity index (χ4v) is 3.17. The molecular weight excluding hydrogens is 278 g/mol. The maximum Gasteiger partial charge on any atom is 0.264 e. The second-order valence-corrected chi connectivity index (χ2v) is 6.63. The molecule has 2 aliphatic heterocycles. The first-order chi connectivity index (χ1) is 10.5.